The van der Waals surface area contributed by atoms with Gasteiger partial charge in [0.25, 0.3) is 0 Å². The predicted octanol–water partition coefficient (Wildman–Crippen LogP) is 1.98. The van der Waals surface area contributed by atoms with E-state index in [9.17, 15) is 9.59 Å². The Labute approximate surface area is 170 Å². The molecule has 2 saturated heterocycles. The molecule has 3 N–H and O–H groups in total. The summed E-state index contributed by atoms with van der Waals surface area (Å²) in [4.78, 5) is 30.6. The van der Waals surface area contributed by atoms with Gasteiger partial charge in [-0.25, -0.2) is 0 Å². The molecule has 0 aromatic heterocycles. The second kappa shape index (κ2) is 9.12. The van der Waals surface area contributed by atoms with Gasteiger partial charge in [0.05, 0.1) is 6.04 Å². The molecule has 2 aliphatic heterocycles. The van der Waals surface area contributed by atoms with Gasteiger partial charge in [-0.05, 0) is 55.9 Å². The Kier molecular flexibility index (Phi) is 7.02. The summed E-state index contributed by atoms with van der Waals surface area (Å²) in [6.45, 7) is 10.3. The maximum Gasteiger partial charge on any atom is 0.245 e. The molecule has 160 valence electrons. The van der Waals surface area contributed by atoms with Gasteiger partial charge < -0.3 is 20.9 Å². The molecule has 0 spiro atoms. The summed E-state index contributed by atoms with van der Waals surface area (Å²) in [6.07, 6.45) is 7.19. The number of nitrogens with one attached hydrogen (secondary N) is 1. The molecule has 0 radical (unpaired) electrons. The average Bonchev–Trinajstić information content (AvgIpc) is 3.45. The fourth-order valence-electron chi connectivity index (χ4n) is 4.76. The highest BCUT2D eigenvalue weighted by atomic mass is 16.2. The lowest BCUT2D eigenvalue weighted by Gasteiger charge is -2.42. The lowest BCUT2D eigenvalue weighted by atomic mass is 9.86. The van der Waals surface area contributed by atoms with Crippen molar-refractivity contribution in [3.63, 3.8) is 0 Å². The summed E-state index contributed by atoms with van der Waals surface area (Å²) >= 11 is 0. The van der Waals surface area contributed by atoms with Gasteiger partial charge in [0, 0.05) is 26.2 Å². The Morgan fingerprint density at radius 1 is 1.14 bits per heavy atom. The number of likely N-dealkylation sites (tertiary alicyclic amines) is 1. The molecule has 6 heteroatoms. The summed E-state index contributed by atoms with van der Waals surface area (Å²) < 4.78 is 0. The van der Waals surface area contributed by atoms with Gasteiger partial charge in [-0.15, -0.1) is 0 Å². The highest BCUT2D eigenvalue weighted by molar-refractivity contribution is 5.90. The minimum Gasteiger partial charge on any atom is -0.341 e. The van der Waals surface area contributed by atoms with E-state index in [1.165, 1.54) is 12.8 Å². The van der Waals surface area contributed by atoms with Gasteiger partial charge in [0.1, 0.15) is 6.04 Å². The summed E-state index contributed by atoms with van der Waals surface area (Å²) in [7, 11) is 0. The number of nitrogens with zero attached hydrogens (tertiary/aromatic N) is 2. The summed E-state index contributed by atoms with van der Waals surface area (Å²) in [6, 6.07) is -0.436. The maximum absolute atomic E-state index is 13.4. The second-order valence-corrected chi connectivity index (χ2v) is 10.3. The van der Waals surface area contributed by atoms with E-state index in [1.54, 1.807) is 0 Å². The van der Waals surface area contributed by atoms with Crippen LogP contribution in [0.25, 0.3) is 0 Å². The Morgan fingerprint density at radius 3 is 2.39 bits per heavy atom. The van der Waals surface area contributed by atoms with Crippen LogP contribution in [0.1, 0.15) is 65.7 Å². The monoisotopic (exact) mass is 392 g/mol. The number of hydrogen-bond acceptors (Lipinski definition) is 4. The van der Waals surface area contributed by atoms with E-state index in [0.29, 0.717) is 18.4 Å². The molecule has 28 heavy (non-hydrogen) atoms. The molecule has 0 aromatic carbocycles. The standard InChI is InChI=1S/C22H40N4O2/c1-22(2,3)15-18-20(27)26(13-10-24-18)19(14-17-4-5-17)21(28)25-11-7-16(6-9-23)8-12-25/h16-19,24H,4-15,23H2,1-3H3/t18-,19-/m0/s1. The normalized spacial score (nSPS) is 25.9. The topological polar surface area (TPSA) is 78.7 Å². The van der Waals surface area contributed by atoms with Gasteiger partial charge in [-0.1, -0.05) is 33.6 Å². The number of rotatable bonds is 7. The van der Waals surface area contributed by atoms with Crippen molar-refractivity contribution < 1.29 is 9.59 Å². The molecule has 0 unspecified atom stereocenters. The highest BCUT2D eigenvalue weighted by Gasteiger charge is 2.42. The Bertz CT molecular complexity index is 547. The number of carbonyl (C=O) groups excluding carboxylic acids is 2. The number of piperidine rings is 1. The summed E-state index contributed by atoms with van der Waals surface area (Å²) in [5, 5.41) is 3.39. The van der Waals surface area contributed by atoms with Crippen LogP contribution in [0.2, 0.25) is 0 Å². The average molecular weight is 393 g/mol. The van der Waals surface area contributed by atoms with E-state index in [4.69, 9.17) is 5.73 Å². The first-order valence-corrected chi connectivity index (χ1v) is 11.3. The molecule has 3 aliphatic rings. The molecule has 3 fully saturated rings. The third kappa shape index (κ3) is 5.69. The highest BCUT2D eigenvalue weighted by Crippen LogP contribution is 2.36. The van der Waals surface area contributed by atoms with E-state index in [2.05, 4.69) is 26.1 Å². The molecule has 1 aliphatic carbocycles. The van der Waals surface area contributed by atoms with Crippen LogP contribution in [0.15, 0.2) is 0 Å². The van der Waals surface area contributed by atoms with Crippen molar-refractivity contribution in [1.29, 1.82) is 0 Å². The van der Waals surface area contributed by atoms with E-state index in [-0.39, 0.29) is 29.3 Å². The SMILES string of the molecule is CC(C)(C)C[C@@H]1NCCN([C@@H](CC2CC2)C(=O)N2CCC(CCN)CC2)C1=O. The second-order valence-electron chi connectivity index (χ2n) is 10.3. The van der Waals surface area contributed by atoms with E-state index in [0.717, 1.165) is 58.3 Å². The molecular weight excluding hydrogens is 352 g/mol. The predicted molar refractivity (Wildman–Crippen MR) is 112 cm³/mol. The van der Waals surface area contributed by atoms with Crippen LogP contribution in [-0.4, -0.2) is 66.4 Å². The number of hydrogen-bond donors (Lipinski definition) is 2. The maximum atomic E-state index is 13.4. The zero-order valence-corrected chi connectivity index (χ0v) is 18.1. The first-order chi connectivity index (χ1) is 13.3. The smallest absolute Gasteiger partial charge is 0.245 e. The van der Waals surface area contributed by atoms with Crippen LogP contribution < -0.4 is 11.1 Å². The Balaban J connectivity index is 1.67. The van der Waals surface area contributed by atoms with Gasteiger partial charge in [0.2, 0.25) is 11.8 Å². The van der Waals surface area contributed by atoms with Crippen LogP contribution in [0, 0.1) is 17.3 Å². The minimum absolute atomic E-state index is 0.0806. The van der Waals surface area contributed by atoms with Gasteiger partial charge >= 0.3 is 0 Å². The molecule has 2 heterocycles. The lowest BCUT2D eigenvalue weighted by molar-refractivity contribution is -0.150. The number of amides is 2. The van der Waals surface area contributed by atoms with Crippen molar-refractivity contribution in [3.05, 3.63) is 0 Å². The largest absolute Gasteiger partial charge is 0.341 e. The van der Waals surface area contributed by atoms with Crippen LogP contribution >= 0.6 is 0 Å². The fourth-order valence-corrected chi connectivity index (χ4v) is 4.76. The van der Waals surface area contributed by atoms with Crippen molar-refractivity contribution in [2.24, 2.45) is 23.0 Å². The molecule has 0 aromatic rings. The molecule has 2 atom stereocenters. The quantitative estimate of drug-likeness (QED) is 0.694. The third-order valence-electron chi connectivity index (χ3n) is 6.56. The van der Waals surface area contributed by atoms with Gasteiger partial charge in [-0.2, -0.15) is 0 Å². The van der Waals surface area contributed by atoms with Gasteiger partial charge in [0.15, 0.2) is 0 Å². The van der Waals surface area contributed by atoms with Crippen LogP contribution in [0.4, 0.5) is 0 Å². The van der Waals surface area contributed by atoms with Crippen molar-refractivity contribution >= 4 is 11.8 Å². The third-order valence-corrected chi connectivity index (χ3v) is 6.56. The van der Waals surface area contributed by atoms with Crippen LogP contribution in [0.3, 0.4) is 0 Å². The van der Waals surface area contributed by atoms with E-state index in [1.807, 2.05) is 9.80 Å². The van der Waals surface area contributed by atoms with Gasteiger partial charge in [-0.3, -0.25) is 9.59 Å². The van der Waals surface area contributed by atoms with Crippen LogP contribution in [0.5, 0.6) is 0 Å². The molecule has 6 nitrogen and oxygen atoms in total. The molecule has 1 saturated carbocycles. The van der Waals surface area contributed by atoms with Crippen LogP contribution in [-0.2, 0) is 9.59 Å². The number of piperazine rings is 1. The minimum atomic E-state index is -0.268. The van der Waals surface area contributed by atoms with Crippen molar-refractivity contribution in [1.82, 2.24) is 15.1 Å². The summed E-state index contributed by atoms with van der Waals surface area (Å²) in [5.74, 6) is 1.57. The molecular formula is C22H40N4O2. The number of carbonyl (C=O) groups is 2. The van der Waals surface area contributed by atoms with Crippen molar-refractivity contribution in [3.8, 4) is 0 Å². The van der Waals surface area contributed by atoms with E-state index >= 15 is 0 Å². The van der Waals surface area contributed by atoms with Crippen molar-refractivity contribution in [2.75, 3.05) is 32.7 Å². The zero-order chi connectivity index (χ0) is 20.3. The molecule has 3 rings (SSSR count). The first kappa shape index (κ1) is 21.6. The molecule has 2 amide bonds. The Hall–Kier alpha value is -1.14. The van der Waals surface area contributed by atoms with E-state index < -0.39 is 0 Å². The first-order valence-electron chi connectivity index (χ1n) is 11.3. The lowest BCUT2D eigenvalue weighted by Crippen LogP contribution is -2.62. The Morgan fingerprint density at radius 2 is 1.82 bits per heavy atom. The zero-order valence-electron chi connectivity index (χ0n) is 18.1. The number of nitrogens with two attached hydrogens (primary N) is 1. The fraction of sp³-hybridized carbons (Fsp3) is 0.909. The summed E-state index contributed by atoms with van der Waals surface area (Å²) in [5.41, 5.74) is 5.78. The molecule has 0 bridgehead atoms. The van der Waals surface area contributed by atoms with Crippen molar-refractivity contribution in [2.45, 2.75) is 77.8 Å².